The minimum absolute atomic E-state index is 0.128. The number of ether oxygens (including phenoxy) is 1. The first-order valence-electron chi connectivity index (χ1n) is 5.79. The second kappa shape index (κ2) is 5.85. The van der Waals surface area contributed by atoms with E-state index < -0.39 is 6.10 Å². The first-order valence-corrected chi connectivity index (χ1v) is 6.95. The number of hydrogen-bond donors (Lipinski definition) is 1. The minimum atomic E-state index is -0.553. The number of aliphatic hydroxyl groups excluding tert-OH is 1. The van der Waals surface area contributed by atoms with Crippen LogP contribution in [0.4, 0.5) is 4.39 Å². The van der Waals surface area contributed by atoms with E-state index in [9.17, 15) is 9.50 Å². The molecule has 1 saturated heterocycles. The van der Waals surface area contributed by atoms with Gasteiger partial charge in [-0.15, -0.1) is 0 Å². The highest BCUT2D eigenvalue weighted by molar-refractivity contribution is 7.99. The highest BCUT2D eigenvalue weighted by Gasteiger charge is 2.23. The molecule has 0 saturated carbocycles. The summed E-state index contributed by atoms with van der Waals surface area (Å²) in [7, 11) is 0. The Morgan fingerprint density at radius 1 is 1.59 bits per heavy atom. The first-order chi connectivity index (χ1) is 8.16. The molecule has 2 nitrogen and oxygen atoms in total. The molecule has 1 heterocycles. The molecule has 0 bridgehead atoms. The Balaban J connectivity index is 2.01. The Hall–Kier alpha value is -0.580. The third-order valence-corrected chi connectivity index (χ3v) is 4.03. The summed E-state index contributed by atoms with van der Waals surface area (Å²) in [5, 5.41) is 10.1. The second-order valence-corrected chi connectivity index (χ2v) is 5.48. The maximum absolute atomic E-state index is 13.1. The van der Waals surface area contributed by atoms with Gasteiger partial charge in [-0.25, -0.2) is 4.39 Å². The van der Waals surface area contributed by atoms with Gasteiger partial charge >= 0.3 is 0 Å². The Morgan fingerprint density at radius 2 is 2.41 bits per heavy atom. The van der Waals surface area contributed by atoms with Crippen molar-refractivity contribution in [3.63, 3.8) is 0 Å². The lowest BCUT2D eigenvalue weighted by molar-refractivity contribution is -0.0208. The standard InChI is InChI=1S/C13H17FO2S/c1-9-2-3-11(14)6-10(9)7-12(15)13-8-17-5-4-16-13/h2-3,6,12-13,15H,4-5,7-8H2,1H3. The van der Waals surface area contributed by atoms with Crippen molar-refractivity contribution in [2.75, 3.05) is 18.1 Å². The molecular weight excluding hydrogens is 239 g/mol. The number of thioether (sulfide) groups is 1. The van der Waals surface area contributed by atoms with Crippen molar-refractivity contribution in [2.45, 2.75) is 25.6 Å². The van der Waals surface area contributed by atoms with Crippen molar-refractivity contribution in [1.82, 2.24) is 0 Å². The number of hydrogen-bond acceptors (Lipinski definition) is 3. The first kappa shape index (κ1) is 12.9. The second-order valence-electron chi connectivity index (χ2n) is 4.33. The van der Waals surface area contributed by atoms with E-state index in [1.165, 1.54) is 12.1 Å². The summed E-state index contributed by atoms with van der Waals surface area (Å²) < 4.78 is 18.6. The van der Waals surface area contributed by atoms with Gasteiger partial charge in [0, 0.05) is 17.9 Å². The molecule has 1 N–H and O–H groups in total. The van der Waals surface area contributed by atoms with Crippen molar-refractivity contribution in [3.05, 3.63) is 35.1 Å². The van der Waals surface area contributed by atoms with Crippen LogP contribution < -0.4 is 0 Å². The lowest BCUT2D eigenvalue weighted by Crippen LogP contribution is -2.36. The largest absolute Gasteiger partial charge is 0.390 e. The number of rotatable bonds is 3. The molecule has 2 unspecified atom stereocenters. The highest BCUT2D eigenvalue weighted by Crippen LogP contribution is 2.19. The van der Waals surface area contributed by atoms with Crippen LogP contribution >= 0.6 is 11.8 Å². The fraction of sp³-hybridized carbons (Fsp3) is 0.538. The van der Waals surface area contributed by atoms with Crippen molar-refractivity contribution in [3.8, 4) is 0 Å². The van der Waals surface area contributed by atoms with Crippen LogP contribution in [0, 0.1) is 12.7 Å². The zero-order chi connectivity index (χ0) is 12.3. The van der Waals surface area contributed by atoms with Gasteiger partial charge in [0.15, 0.2) is 0 Å². The van der Waals surface area contributed by atoms with Crippen LogP contribution in [-0.4, -0.2) is 35.4 Å². The van der Waals surface area contributed by atoms with Crippen molar-refractivity contribution < 1.29 is 14.2 Å². The zero-order valence-electron chi connectivity index (χ0n) is 9.86. The topological polar surface area (TPSA) is 29.5 Å². The van der Waals surface area contributed by atoms with Gasteiger partial charge in [-0.2, -0.15) is 11.8 Å². The molecule has 1 aliphatic heterocycles. The van der Waals surface area contributed by atoms with E-state index in [1.807, 2.05) is 6.92 Å². The van der Waals surface area contributed by atoms with Gasteiger partial charge in [-0.1, -0.05) is 6.07 Å². The number of aryl methyl sites for hydroxylation is 1. The van der Waals surface area contributed by atoms with E-state index in [4.69, 9.17) is 4.74 Å². The highest BCUT2D eigenvalue weighted by atomic mass is 32.2. The average Bonchev–Trinajstić information content (AvgIpc) is 2.35. The van der Waals surface area contributed by atoms with Gasteiger partial charge in [0.2, 0.25) is 0 Å². The van der Waals surface area contributed by atoms with Gasteiger partial charge < -0.3 is 9.84 Å². The fourth-order valence-corrected chi connectivity index (χ4v) is 2.88. The van der Waals surface area contributed by atoms with Crippen LogP contribution in [0.3, 0.4) is 0 Å². The molecule has 0 spiro atoms. The Morgan fingerprint density at radius 3 is 3.12 bits per heavy atom. The van der Waals surface area contributed by atoms with Crippen molar-refractivity contribution in [2.24, 2.45) is 0 Å². The van der Waals surface area contributed by atoms with E-state index >= 15 is 0 Å². The van der Waals surface area contributed by atoms with Gasteiger partial charge in [-0.3, -0.25) is 0 Å². The van der Waals surface area contributed by atoms with E-state index in [1.54, 1.807) is 17.8 Å². The number of benzene rings is 1. The van der Waals surface area contributed by atoms with Crippen LogP contribution in [0.15, 0.2) is 18.2 Å². The molecular formula is C13H17FO2S. The Bertz CT molecular complexity index is 378. The summed E-state index contributed by atoms with van der Waals surface area (Å²) in [6, 6.07) is 4.68. The number of aliphatic hydroxyl groups is 1. The minimum Gasteiger partial charge on any atom is -0.390 e. The molecule has 1 aromatic rings. The molecule has 17 heavy (non-hydrogen) atoms. The summed E-state index contributed by atoms with van der Waals surface area (Å²) in [4.78, 5) is 0. The molecule has 1 fully saturated rings. The predicted molar refractivity (Wildman–Crippen MR) is 67.9 cm³/mol. The van der Waals surface area contributed by atoms with Crippen molar-refractivity contribution >= 4 is 11.8 Å². The molecule has 2 atom stereocenters. The maximum atomic E-state index is 13.1. The monoisotopic (exact) mass is 256 g/mol. The van der Waals surface area contributed by atoms with E-state index in [2.05, 4.69) is 0 Å². The molecule has 1 aliphatic rings. The summed E-state index contributed by atoms with van der Waals surface area (Å²) >= 11 is 1.79. The van der Waals surface area contributed by atoms with Crippen LogP contribution in [0.1, 0.15) is 11.1 Å². The third kappa shape index (κ3) is 3.44. The smallest absolute Gasteiger partial charge is 0.123 e. The Kier molecular flexibility index (Phi) is 4.42. The van der Waals surface area contributed by atoms with Gasteiger partial charge in [0.1, 0.15) is 5.82 Å². The third-order valence-electron chi connectivity index (χ3n) is 3.01. The van der Waals surface area contributed by atoms with E-state index in [0.717, 1.165) is 22.6 Å². The predicted octanol–water partition coefficient (Wildman–Crippen LogP) is 2.17. The SMILES string of the molecule is Cc1ccc(F)cc1CC(O)C1CSCCO1. The molecule has 94 valence electrons. The van der Waals surface area contributed by atoms with Crippen LogP contribution in [0.5, 0.6) is 0 Å². The lowest BCUT2D eigenvalue weighted by Gasteiger charge is -2.27. The Labute approximate surface area is 105 Å². The summed E-state index contributed by atoms with van der Waals surface area (Å²) in [6.45, 7) is 2.62. The fourth-order valence-electron chi connectivity index (χ4n) is 1.94. The molecule has 2 rings (SSSR count). The maximum Gasteiger partial charge on any atom is 0.123 e. The molecule has 1 aromatic carbocycles. The summed E-state index contributed by atoms with van der Waals surface area (Å²) in [5.74, 6) is 1.55. The summed E-state index contributed by atoms with van der Waals surface area (Å²) in [5.41, 5.74) is 1.87. The number of halogens is 1. The van der Waals surface area contributed by atoms with Gasteiger partial charge in [0.25, 0.3) is 0 Å². The zero-order valence-corrected chi connectivity index (χ0v) is 10.7. The van der Waals surface area contributed by atoms with E-state index in [0.29, 0.717) is 13.0 Å². The molecule has 4 heteroatoms. The van der Waals surface area contributed by atoms with Crippen molar-refractivity contribution in [1.29, 1.82) is 0 Å². The molecule has 0 aliphatic carbocycles. The molecule has 0 radical (unpaired) electrons. The van der Waals surface area contributed by atoms with Gasteiger partial charge in [-0.05, 0) is 30.2 Å². The van der Waals surface area contributed by atoms with E-state index in [-0.39, 0.29) is 11.9 Å². The van der Waals surface area contributed by atoms with Crippen LogP contribution in [-0.2, 0) is 11.2 Å². The van der Waals surface area contributed by atoms with Gasteiger partial charge in [0.05, 0.1) is 18.8 Å². The quantitative estimate of drug-likeness (QED) is 0.898. The van der Waals surface area contributed by atoms with Crippen LogP contribution in [0.25, 0.3) is 0 Å². The molecule has 0 aromatic heterocycles. The summed E-state index contributed by atoms with van der Waals surface area (Å²) in [6.07, 6.45) is -0.228. The normalized spacial score (nSPS) is 22.4. The van der Waals surface area contributed by atoms with Crippen LogP contribution in [0.2, 0.25) is 0 Å². The lowest BCUT2D eigenvalue weighted by atomic mass is 10.00. The average molecular weight is 256 g/mol. The molecule has 0 amide bonds.